The highest BCUT2D eigenvalue weighted by molar-refractivity contribution is 8.13. The molecule has 2 heterocycles. The number of ether oxygens (including phenoxy) is 2. The van der Waals surface area contributed by atoms with Crippen molar-refractivity contribution in [1.82, 2.24) is 13.9 Å². The Labute approximate surface area is 206 Å². The summed E-state index contributed by atoms with van der Waals surface area (Å²) >= 11 is 11.6. The van der Waals surface area contributed by atoms with Gasteiger partial charge in [-0.2, -0.15) is 0 Å². The van der Waals surface area contributed by atoms with Crippen molar-refractivity contribution < 1.29 is 35.9 Å². The van der Waals surface area contributed by atoms with Crippen molar-refractivity contribution in [3.63, 3.8) is 0 Å². The Morgan fingerprint density at radius 2 is 1.24 bits per heavy atom. The maximum Gasteiger partial charge on any atom is 0.356 e. The van der Waals surface area contributed by atoms with Gasteiger partial charge in [-0.05, 0) is 20.9 Å². The lowest BCUT2D eigenvalue weighted by Gasteiger charge is -2.03. The molecular formula is C17H22Cl3N3O8S2. The number of sulfonamides is 1. The van der Waals surface area contributed by atoms with Gasteiger partial charge in [-0.3, -0.25) is 0 Å². The minimum absolute atomic E-state index is 0.0161. The van der Waals surface area contributed by atoms with E-state index in [2.05, 4.69) is 4.72 Å². The van der Waals surface area contributed by atoms with Gasteiger partial charge in [0, 0.05) is 37.2 Å². The fourth-order valence-corrected chi connectivity index (χ4v) is 5.51. The zero-order valence-electron chi connectivity index (χ0n) is 18.2. The number of aryl methyl sites for hydroxylation is 2. The molecule has 1 N–H and O–H groups in total. The topological polar surface area (TPSA) is 143 Å². The second-order valence-electron chi connectivity index (χ2n) is 6.12. The van der Waals surface area contributed by atoms with Crippen LogP contribution in [-0.2, 0) is 42.6 Å². The Morgan fingerprint density at radius 1 is 0.879 bits per heavy atom. The fraction of sp³-hybridized carbons (Fsp3) is 0.412. The monoisotopic (exact) mass is 565 g/mol. The van der Waals surface area contributed by atoms with Gasteiger partial charge in [0.15, 0.2) is 0 Å². The number of carbonyl (C=O) groups is 2. The maximum atomic E-state index is 11.6. The van der Waals surface area contributed by atoms with E-state index in [-0.39, 0.29) is 44.4 Å². The number of nitrogens with zero attached hydrogens (tertiary/aromatic N) is 2. The van der Waals surface area contributed by atoms with Crippen LogP contribution in [0.25, 0.3) is 0 Å². The molecule has 0 atom stereocenters. The van der Waals surface area contributed by atoms with Crippen molar-refractivity contribution in [2.45, 2.75) is 23.6 Å². The summed E-state index contributed by atoms with van der Waals surface area (Å²) in [5.41, 5.74) is -0.0231. The molecular weight excluding hydrogens is 545 g/mol. The molecule has 0 aliphatic heterocycles. The Hall–Kier alpha value is -1.77. The van der Waals surface area contributed by atoms with Gasteiger partial charge in [-0.1, -0.05) is 23.2 Å². The van der Waals surface area contributed by atoms with Crippen molar-refractivity contribution in [3.05, 3.63) is 33.8 Å². The average molecular weight is 567 g/mol. The van der Waals surface area contributed by atoms with Crippen LogP contribution in [0.3, 0.4) is 0 Å². The molecule has 2 aromatic rings. The van der Waals surface area contributed by atoms with Crippen molar-refractivity contribution >= 4 is 64.9 Å². The van der Waals surface area contributed by atoms with Crippen molar-refractivity contribution in [1.29, 1.82) is 0 Å². The third-order valence-electron chi connectivity index (χ3n) is 3.93. The Morgan fingerprint density at radius 3 is 1.55 bits per heavy atom. The van der Waals surface area contributed by atoms with E-state index >= 15 is 0 Å². The molecule has 186 valence electrons. The molecule has 0 spiro atoms. The smallest absolute Gasteiger partial charge is 0.356 e. The number of carbonyl (C=O) groups excluding carboxylic acids is 2. The van der Waals surface area contributed by atoms with Crippen LogP contribution in [0, 0.1) is 0 Å². The van der Waals surface area contributed by atoms with Gasteiger partial charge < -0.3 is 18.6 Å². The molecule has 0 amide bonds. The van der Waals surface area contributed by atoms with Crippen LogP contribution < -0.4 is 4.72 Å². The molecule has 2 aromatic heterocycles. The zero-order chi connectivity index (χ0) is 25.7. The average Bonchev–Trinajstić information content (AvgIpc) is 3.18. The molecule has 2 rings (SSSR count). The highest BCUT2D eigenvalue weighted by Crippen LogP contribution is 2.30. The van der Waals surface area contributed by atoms with E-state index in [9.17, 15) is 26.4 Å². The molecule has 0 saturated heterocycles. The van der Waals surface area contributed by atoms with E-state index in [1.54, 1.807) is 13.8 Å². The molecule has 11 nitrogen and oxygen atoms in total. The Bertz CT molecular complexity index is 1250. The van der Waals surface area contributed by atoms with Crippen molar-refractivity contribution in [2.24, 2.45) is 14.1 Å². The van der Waals surface area contributed by atoms with Gasteiger partial charge in [0.25, 0.3) is 9.05 Å². The van der Waals surface area contributed by atoms with E-state index in [1.165, 1.54) is 36.5 Å². The predicted octanol–water partition coefficient (Wildman–Crippen LogP) is 2.55. The van der Waals surface area contributed by atoms with Crippen molar-refractivity contribution in [2.75, 3.05) is 20.3 Å². The second kappa shape index (κ2) is 11.6. The summed E-state index contributed by atoms with van der Waals surface area (Å²) in [5, 5.41) is -0.365. The first-order valence-corrected chi connectivity index (χ1v) is 13.6. The van der Waals surface area contributed by atoms with Crippen LogP contribution in [0.2, 0.25) is 10.0 Å². The van der Waals surface area contributed by atoms with Gasteiger partial charge in [-0.25, -0.2) is 31.1 Å². The quantitative estimate of drug-likeness (QED) is 0.398. The Balaban J connectivity index is 0.000000331. The summed E-state index contributed by atoms with van der Waals surface area (Å²) in [6, 6.07) is 0. The van der Waals surface area contributed by atoms with E-state index in [0.717, 1.165) is 6.20 Å². The molecule has 33 heavy (non-hydrogen) atoms. The number of aromatic nitrogens is 2. The molecule has 0 bridgehead atoms. The molecule has 0 aromatic carbocycles. The van der Waals surface area contributed by atoms with Gasteiger partial charge in [0.2, 0.25) is 10.0 Å². The van der Waals surface area contributed by atoms with Crippen LogP contribution in [0.1, 0.15) is 34.8 Å². The fourth-order valence-electron chi connectivity index (χ4n) is 2.47. The molecule has 0 aliphatic carbocycles. The standard InChI is InChI=1S/C9H13ClN2O4S.C8H9Cl2NO4S/c1-4-16-9(13)8-7(10)6(5-12(8)3)17(14,15)11-2;1-3-15-8(12)7-6(9)5(4-11(7)2)16(10,13)14/h5,11H,4H2,1-3H3;4H,3H2,1-2H3. The summed E-state index contributed by atoms with van der Waals surface area (Å²) in [4.78, 5) is 22.6. The summed E-state index contributed by atoms with van der Waals surface area (Å²) in [6.07, 6.45) is 2.43. The largest absolute Gasteiger partial charge is 0.461 e. The number of halogens is 3. The summed E-state index contributed by atoms with van der Waals surface area (Å²) in [6.45, 7) is 3.64. The molecule has 16 heteroatoms. The number of hydrogen-bond donors (Lipinski definition) is 1. The van der Waals surface area contributed by atoms with E-state index in [4.69, 9.17) is 43.4 Å². The van der Waals surface area contributed by atoms with Crippen LogP contribution >= 0.6 is 33.9 Å². The summed E-state index contributed by atoms with van der Waals surface area (Å²) in [7, 11) is 1.75. The number of nitrogens with one attached hydrogen (secondary N) is 1. The molecule has 0 unspecified atom stereocenters. The number of esters is 2. The molecule has 0 saturated carbocycles. The third kappa shape index (κ3) is 6.87. The van der Waals surface area contributed by atoms with Crippen LogP contribution in [0.4, 0.5) is 0 Å². The number of rotatable bonds is 7. The third-order valence-corrected chi connectivity index (χ3v) is 7.68. The van der Waals surface area contributed by atoms with E-state index in [1.807, 2.05) is 0 Å². The summed E-state index contributed by atoms with van der Waals surface area (Å²) in [5.74, 6) is -1.35. The molecule has 0 aliphatic rings. The van der Waals surface area contributed by atoms with Gasteiger partial charge >= 0.3 is 11.9 Å². The van der Waals surface area contributed by atoms with Crippen LogP contribution in [0.5, 0.6) is 0 Å². The first kappa shape index (κ1) is 29.3. The van der Waals surface area contributed by atoms with Crippen LogP contribution in [0.15, 0.2) is 22.2 Å². The predicted molar refractivity (Wildman–Crippen MR) is 122 cm³/mol. The van der Waals surface area contributed by atoms with E-state index in [0.29, 0.717) is 0 Å². The normalized spacial score (nSPS) is 11.5. The van der Waals surface area contributed by atoms with Gasteiger partial charge in [-0.15, -0.1) is 0 Å². The maximum absolute atomic E-state index is 11.6. The highest BCUT2D eigenvalue weighted by Gasteiger charge is 2.27. The lowest BCUT2D eigenvalue weighted by molar-refractivity contribution is 0.0506. The van der Waals surface area contributed by atoms with Gasteiger partial charge in [0.05, 0.1) is 23.3 Å². The Kier molecular flexibility index (Phi) is 10.3. The van der Waals surface area contributed by atoms with E-state index < -0.39 is 31.0 Å². The summed E-state index contributed by atoms with van der Waals surface area (Å²) < 4.78 is 59.7. The number of hydrogen-bond acceptors (Lipinski definition) is 8. The second-order valence-corrected chi connectivity index (χ2v) is 11.3. The van der Waals surface area contributed by atoms with Crippen molar-refractivity contribution in [3.8, 4) is 0 Å². The van der Waals surface area contributed by atoms with Gasteiger partial charge in [0.1, 0.15) is 21.2 Å². The SMILES string of the molecule is CCOC(=O)c1c(Cl)c(S(=O)(=O)Cl)cn1C.CCOC(=O)c1c(Cl)c(S(=O)(=O)NC)cn1C. The minimum Gasteiger partial charge on any atom is -0.461 e. The first-order chi connectivity index (χ1) is 15.1. The molecule has 0 fully saturated rings. The minimum atomic E-state index is -3.97. The molecule has 0 radical (unpaired) electrons. The first-order valence-electron chi connectivity index (χ1n) is 9.05. The van der Waals surface area contributed by atoms with Crippen LogP contribution in [-0.4, -0.2) is 58.2 Å². The highest BCUT2D eigenvalue weighted by atomic mass is 35.7. The lowest BCUT2D eigenvalue weighted by atomic mass is 10.4. The lowest BCUT2D eigenvalue weighted by Crippen LogP contribution is -2.18. The zero-order valence-corrected chi connectivity index (χ0v) is 22.1.